The summed E-state index contributed by atoms with van der Waals surface area (Å²) >= 11 is 0. The van der Waals surface area contributed by atoms with Crippen LogP contribution in [0.1, 0.15) is 72.6 Å². The SMILES string of the molecule is CCC(=O)OCC(=O)[C@@]1(OCOC)C(C)C[C@H]2[C@@H]3CCC4=CC(=O)CC[C@]4(C)[C@@]3(F)C(O)C[C@@]21C. The molecule has 0 bridgehead atoms. The molecule has 4 aliphatic rings. The molecule has 1 N–H and O–H groups in total. The van der Waals surface area contributed by atoms with Crippen LogP contribution < -0.4 is 0 Å². The highest BCUT2D eigenvalue weighted by Gasteiger charge is 2.76. The van der Waals surface area contributed by atoms with Crippen molar-refractivity contribution >= 4 is 17.5 Å². The minimum atomic E-state index is -1.91. The topological polar surface area (TPSA) is 99.1 Å². The molecule has 8 heteroatoms. The molecule has 4 rings (SSSR count). The van der Waals surface area contributed by atoms with E-state index in [0.717, 1.165) is 5.57 Å². The molecule has 0 saturated heterocycles. The molecule has 0 spiro atoms. The number of rotatable bonds is 7. The van der Waals surface area contributed by atoms with E-state index >= 15 is 4.39 Å². The van der Waals surface area contributed by atoms with Crippen molar-refractivity contribution in [3.05, 3.63) is 11.6 Å². The highest BCUT2D eigenvalue weighted by molar-refractivity contribution is 5.92. The Morgan fingerprint density at radius 3 is 2.60 bits per heavy atom. The Labute approximate surface area is 206 Å². The molecule has 0 heterocycles. The molecule has 0 aromatic heterocycles. The number of halogens is 1. The van der Waals surface area contributed by atoms with E-state index in [2.05, 4.69) is 0 Å². The van der Waals surface area contributed by atoms with E-state index in [9.17, 15) is 19.5 Å². The van der Waals surface area contributed by atoms with E-state index in [1.54, 1.807) is 13.0 Å². The van der Waals surface area contributed by atoms with Crippen LogP contribution in [0.25, 0.3) is 0 Å². The van der Waals surface area contributed by atoms with Crippen LogP contribution in [0.5, 0.6) is 0 Å². The zero-order chi connectivity index (χ0) is 25.8. The summed E-state index contributed by atoms with van der Waals surface area (Å²) in [5.41, 5.74) is -4.30. The average molecular weight is 495 g/mol. The first-order chi connectivity index (χ1) is 16.4. The monoisotopic (exact) mass is 494 g/mol. The molecule has 8 atom stereocenters. The number of hydrogen-bond acceptors (Lipinski definition) is 7. The molecule has 3 fully saturated rings. The van der Waals surface area contributed by atoms with E-state index in [-0.39, 0.29) is 49.5 Å². The van der Waals surface area contributed by atoms with Gasteiger partial charge in [-0.3, -0.25) is 14.4 Å². The Hall–Kier alpha value is -1.64. The van der Waals surface area contributed by atoms with Gasteiger partial charge in [0.05, 0.1) is 6.10 Å². The lowest BCUT2D eigenvalue weighted by molar-refractivity contribution is -0.248. The molecule has 7 nitrogen and oxygen atoms in total. The molecule has 0 radical (unpaired) electrons. The van der Waals surface area contributed by atoms with Crippen molar-refractivity contribution in [3.8, 4) is 0 Å². The van der Waals surface area contributed by atoms with Gasteiger partial charge in [0.1, 0.15) is 18.1 Å². The summed E-state index contributed by atoms with van der Waals surface area (Å²) in [6, 6.07) is 0. The summed E-state index contributed by atoms with van der Waals surface area (Å²) in [4.78, 5) is 37.7. The maximum atomic E-state index is 17.4. The molecule has 2 unspecified atom stereocenters. The lowest BCUT2D eigenvalue weighted by Crippen LogP contribution is -2.70. The van der Waals surface area contributed by atoms with E-state index in [4.69, 9.17) is 14.2 Å². The standard InChI is InChI=1S/C27H39FO7/c1-6-23(32)34-14-22(31)27(35-15-33-5)16(2)11-20-19-8-7-17-12-18(29)9-10-24(17,3)26(19,28)21(30)13-25(20,27)4/h12,16,19-21,30H,6-11,13-15H2,1-5H3/t16?,19-,20-,21?,24-,25-,26-,27-/m0/s1. The van der Waals surface area contributed by atoms with Crippen LogP contribution in [0.2, 0.25) is 0 Å². The van der Waals surface area contributed by atoms with Crippen molar-refractivity contribution in [2.75, 3.05) is 20.5 Å². The number of fused-ring (bicyclic) bond motifs is 5. The summed E-state index contributed by atoms with van der Waals surface area (Å²) in [5, 5.41) is 11.6. The lowest BCUT2D eigenvalue weighted by Gasteiger charge is -2.63. The van der Waals surface area contributed by atoms with Gasteiger partial charge in [0.25, 0.3) is 0 Å². The summed E-state index contributed by atoms with van der Waals surface area (Å²) < 4.78 is 34.0. The second kappa shape index (κ2) is 9.03. The van der Waals surface area contributed by atoms with Crippen molar-refractivity contribution < 1.29 is 38.1 Å². The van der Waals surface area contributed by atoms with Gasteiger partial charge in [0.2, 0.25) is 5.78 Å². The lowest BCUT2D eigenvalue weighted by atomic mass is 9.43. The van der Waals surface area contributed by atoms with Crippen molar-refractivity contribution in [3.63, 3.8) is 0 Å². The van der Waals surface area contributed by atoms with Crippen LogP contribution >= 0.6 is 0 Å². The van der Waals surface area contributed by atoms with E-state index in [1.165, 1.54) is 7.11 Å². The Morgan fingerprint density at radius 2 is 1.94 bits per heavy atom. The molecular formula is C27H39FO7. The zero-order valence-electron chi connectivity index (χ0n) is 21.5. The number of ketones is 2. The maximum Gasteiger partial charge on any atom is 0.305 e. The number of esters is 1. The molecule has 35 heavy (non-hydrogen) atoms. The first kappa shape index (κ1) is 26.4. The van der Waals surface area contributed by atoms with E-state index in [1.807, 2.05) is 20.8 Å². The normalized spacial score (nSPS) is 44.7. The fraction of sp³-hybridized carbons (Fsp3) is 0.815. The molecule has 4 aliphatic carbocycles. The van der Waals surface area contributed by atoms with Crippen LogP contribution in [0.15, 0.2) is 11.6 Å². The second-order valence-corrected chi connectivity index (χ2v) is 11.5. The molecule has 3 saturated carbocycles. The molecule has 0 aromatic rings. The second-order valence-electron chi connectivity index (χ2n) is 11.5. The third kappa shape index (κ3) is 3.50. The number of ether oxygens (including phenoxy) is 3. The summed E-state index contributed by atoms with van der Waals surface area (Å²) in [7, 11) is 1.47. The minimum Gasteiger partial charge on any atom is -0.458 e. The van der Waals surface area contributed by atoms with Crippen molar-refractivity contribution in [2.24, 2.45) is 28.6 Å². The first-order valence-electron chi connectivity index (χ1n) is 12.8. The predicted molar refractivity (Wildman–Crippen MR) is 125 cm³/mol. The van der Waals surface area contributed by atoms with Gasteiger partial charge in [0.15, 0.2) is 12.4 Å². The number of aliphatic hydroxyl groups excluding tert-OH is 1. The van der Waals surface area contributed by atoms with Gasteiger partial charge in [-0.1, -0.05) is 33.3 Å². The number of hydrogen-bond donors (Lipinski definition) is 1. The van der Waals surface area contributed by atoms with Gasteiger partial charge in [-0.25, -0.2) is 4.39 Å². The van der Waals surface area contributed by atoms with Crippen LogP contribution in [-0.2, 0) is 28.6 Å². The Balaban J connectivity index is 1.76. The number of carbonyl (C=O) groups excluding carboxylic acids is 3. The number of carbonyl (C=O) groups is 3. The fourth-order valence-electron chi connectivity index (χ4n) is 8.38. The molecule has 196 valence electrons. The molecule has 0 aromatic carbocycles. The third-order valence-corrected chi connectivity index (χ3v) is 10.1. The van der Waals surface area contributed by atoms with E-state index in [0.29, 0.717) is 25.7 Å². The third-order valence-electron chi connectivity index (χ3n) is 10.1. The van der Waals surface area contributed by atoms with Crippen molar-refractivity contribution in [1.82, 2.24) is 0 Å². The zero-order valence-corrected chi connectivity index (χ0v) is 21.5. The van der Waals surface area contributed by atoms with Gasteiger partial charge in [0, 0.05) is 36.7 Å². The van der Waals surface area contributed by atoms with Gasteiger partial charge in [-0.05, 0) is 50.0 Å². The molecule has 0 aliphatic heterocycles. The predicted octanol–water partition coefficient (Wildman–Crippen LogP) is 3.71. The first-order valence-corrected chi connectivity index (χ1v) is 12.8. The quantitative estimate of drug-likeness (QED) is 0.425. The van der Waals surface area contributed by atoms with Gasteiger partial charge < -0.3 is 19.3 Å². The van der Waals surface area contributed by atoms with Gasteiger partial charge >= 0.3 is 5.97 Å². The Kier molecular flexibility index (Phi) is 6.82. The number of methoxy groups -OCH3 is 1. The number of alkyl halides is 1. The van der Waals surface area contributed by atoms with Gasteiger partial charge in [-0.15, -0.1) is 0 Å². The van der Waals surface area contributed by atoms with Gasteiger partial charge in [-0.2, -0.15) is 0 Å². The summed E-state index contributed by atoms with van der Waals surface area (Å²) in [6.07, 6.45) is 2.72. The van der Waals surface area contributed by atoms with Crippen LogP contribution in [0, 0.1) is 28.6 Å². The Bertz CT molecular complexity index is 932. The summed E-state index contributed by atoms with van der Waals surface area (Å²) in [6.45, 7) is 6.76. The minimum absolute atomic E-state index is 0.0170. The fourth-order valence-corrected chi connectivity index (χ4v) is 8.38. The molecule has 0 amide bonds. The average Bonchev–Trinajstić information content (AvgIpc) is 3.04. The van der Waals surface area contributed by atoms with Crippen LogP contribution in [0.4, 0.5) is 4.39 Å². The highest BCUT2D eigenvalue weighted by Crippen LogP contribution is 2.71. The number of allylic oxidation sites excluding steroid dienone is 1. The Morgan fingerprint density at radius 1 is 1.23 bits per heavy atom. The van der Waals surface area contributed by atoms with Crippen molar-refractivity contribution in [2.45, 2.75) is 90.0 Å². The van der Waals surface area contributed by atoms with Crippen LogP contribution in [0.3, 0.4) is 0 Å². The van der Waals surface area contributed by atoms with Crippen LogP contribution in [-0.4, -0.2) is 60.5 Å². The largest absolute Gasteiger partial charge is 0.458 e. The molecular weight excluding hydrogens is 455 g/mol. The van der Waals surface area contributed by atoms with Crippen molar-refractivity contribution in [1.29, 1.82) is 0 Å². The maximum absolute atomic E-state index is 17.4. The number of aliphatic hydroxyl groups is 1. The van der Waals surface area contributed by atoms with E-state index < -0.39 is 46.7 Å². The smallest absolute Gasteiger partial charge is 0.305 e. The summed E-state index contributed by atoms with van der Waals surface area (Å²) in [5.74, 6) is -1.86. The number of Topliss-reactive ketones (excluding diaryl/α,β-unsaturated/α-hetero) is 1. The highest BCUT2D eigenvalue weighted by atomic mass is 19.1.